The van der Waals surface area contributed by atoms with Crippen molar-refractivity contribution in [2.75, 3.05) is 13.2 Å². The van der Waals surface area contributed by atoms with Crippen LogP contribution in [0, 0.1) is 0 Å². The molecule has 0 spiro atoms. The van der Waals surface area contributed by atoms with Gasteiger partial charge in [-0.05, 0) is 103 Å². The highest BCUT2D eigenvalue weighted by atomic mass is 16.6. The minimum atomic E-state index is -0.842. The van der Waals surface area contributed by atoms with E-state index in [4.69, 9.17) is 14.2 Å². The lowest BCUT2D eigenvalue weighted by Gasteiger charge is -2.18. The van der Waals surface area contributed by atoms with Gasteiger partial charge in [0.2, 0.25) is 0 Å². The van der Waals surface area contributed by atoms with Crippen LogP contribution in [0.15, 0.2) is 146 Å². The van der Waals surface area contributed by atoms with Crippen molar-refractivity contribution in [2.45, 2.75) is 194 Å². The molecule has 0 heterocycles. The molecule has 6 nitrogen and oxygen atoms in total. The molecule has 6 heteroatoms. The third-order valence-electron chi connectivity index (χ3n) is 9.95. The van der Waals surface area contributed by atoms with E-state index in [9.17, 15) is 14.4 Å². The monoisotopic (exact) mass is 895 g/mol. The average molecular weight is 895 g/mol. The highest BCUT2D eigenvalue weighted by Crippen LogP contribution is 2.11. The maximum Gasteiger partial charge on any atom is 0.306 e. The van der Waals surface area contributed by atoms with Gasteiger partial charge in [0.05, 0.1) is 0 Å². The van der Waals surface area contributed by atoms with E-state index in [1.165, 1.54) is 38.5 Å². The molecule has 0 bridgehead atoms. The van der Waals surface area contributed by atoms with Gasteiger partial charge in [0.1, 0.15) is 13.2 Å². The smallest absolute Gasteiger partial charge is 0.306 e. The summed E-state index contributed by atoms with van der Waals surface area (Å²) < 4.78 is 16.7. The molecule has 0 fully saturated rings. The maximum atomic E-state index is 12.8. The SMILES string of the molecule is CC/C=C/C=C/C=C/C=C/C=C/CCCCCC(=O)OC(COC(=O)CC/C=C/C/C=C/CCCCCCCC)COC(=O)CCCCC/C=C/C/C=C/C/C=C/C/C=C/C/C=C/CC. The van der Waals surface area contributed by atoms with E-state index in [1.807, 2.05) is 54.7 Å². The van der Waals surface area contributed by atoms with Crippen LogP contribution < -0.4 is 0 Å². The topological polar surface area (TPSA) is 78.9 Å². The number of ether oxygens (including phenoxy) is 3. The first-order valence-corrected chi connectivity index (χ1v) is 25.4. The Morgan fingerprint density at radius 2 is 0.708 bits per heavy atom. The van der Waals surface area contributed by atoms with Crippen molar-refractivity contribution in [2.24, 2.45) is 0 Å². The molecule has 0 aliphatic rings. The average Bonchev–Trinajstić information content (AvgIpc) is 3.30. The summed E-state index contributed by atoms with van der Waals surface area (Å²) >= 11 is 0. The standard InChI is InChI=1S/C59H90O6/c1-4-7-10-13-16-19-22-25-27-28-29-30-32-34-37-40-43-46-49-52-58(61)64-55-56(54-63-57(60)51-48-45-42-39-36-33-24-21-18-15-12-9-6-3)65-59(62)53-50-47-44-41-38-35-31-26-23-20-17-14-11-8-5-2/h7-8,10-11,14,16-17,19-20,23,25-27,29-31,33-38,42,45,56H,4-6,9,12-13,15,18,21-22,24,28,32,39-41,43-44,46-55H2,1-3H3/b10-7+,11-8+,17-14+,19-16+,23-20+,27-25+,30-29+,31-26+,36-33+,37-34+,38-35+,45-42+. The second-order valence-electron chi connectivity index (χ2n) is 16.1. The summed E-state index contributed by atoms with van der Waals surface area (Å²) in [6, 6.07) is 0. The fourth-order valence-corrected chi connectivity index (χ4v) is 6.19. The number of carbonyl (C=O) groups is 3. The second kappa shape index (κ2) is 51.9. The largest absolute Gasteiger partial charge is 0.462 e. The van der Waals surface area contributed by atoms with Gasteiger partial charge < -0.3 is 14.2 Å². The zero-order valence-electron chi connectivity index (χ0n) is 41.2. The number of rotatable bonds is 43. The summed E-state index contributed by atoms with van der Waals surface area (Å²) in [5.41, 5.74) is 0. The molecule has 0 saturated heterocycles. The number of esters is 3. The first kappa shape index (κ1) is 60.3. The van der Waals surface area contributed by atoms with Crippen molar-refractivity contribution < 1.29 is 28.6 Å². The zero-order chi connectivity index (χ0) is 47.2. The molecule has 0 aromatic rings. The lowest BCUT2D eigenvalue weighted by molar-refractivity contribution is -0.166. The molecule has 0 radical (unpaired) electrons. The van der Waals surface area contributed by atoms with E-state index >= 15 is 0 Å². The van der Waals surface area contributed by atoms with Gasteiger partial charge in [-0.1, -0.05) is 212 Å². The van der Waals surface area contributed by atoms with Crippen molar-refractivity contribution in [1.29, 1.82) is 0 Å². The molecule has 0 saturated carbocycles. The highest BCUT2D eigenvalue weighted by molar-refractivity contribution is 5.71. The Hall–Kier alpha value is -4.71. The van der Waals surface area contributed by atoms with Crippen molar-refractivity contribution in [1.82, 2.24) is 0 Å². The molecule has 362 valence electrons. The van der Waals surface area contributed by atoms with Gasteiger partial charge in [-0.2, -0.15) is 0 Å². The van der Waals surface area contributed by atoms with Crippen molar-refractivity contribution in [3.63, 3.8) is 0 Å². The van der Waals surface area contributed by atoms with Crippen LogP contribution in [0.5, 0.6) is 0 Å². The summed E-state index contributed by atoms with van der Waals surface area (Å²) in [6.45, 7) is 6.22. The summed E-state index contributed by atoms with van der Waals surface area (Å²) in [5, 5.41) is 0. The Bertz CT molecular complexity index is 1490. The van der Waals surface area contributed by atoms with E-state index < -0.39 is 6.10 Å². The van der Waals surface area contributed by atoms with Crippen LogP contribution >= 0.6 is 0 Å². The number of hydrogen-bond donors (Lipinski definition) is 0. The van der Waals surface area contributed by atoms with Gasteiger partial charge >= 0.3 is 17.9 Å². The summed E-state index contributed by atoms with van der Waals surface area (Å²) in [7, 11) is 0. The lowest BCUT2D eigenvalue weighted by atomic mass is 10.1. The molecular weight excluding hydrogens is 805 g/mol. The van der Waals surface area contributed by atoms with Gasteiger partial charge in [-0.25, -0.2) is 0 Å². The minimum Gasteiger partial charge on any atom is -0.462 e. The van der Waals surface area contributed by atoms with E-state index in [2.05, 4.69) is 112 Å². The predicted octanol–water partition coefficient (Wildman–Crippen LogP) is 16.9. The highest BCUT2D eigenvalue weighted by Gasteiger charge is 2.19. The van der Waals surface area contributed by atoms with Crippen LogP contribution in [0.4, 0.5) is 0 Å². The van der Waals surface area contributed by atoms with Crippen LogP contribution in [0.3, 0.4) is 0 Å². The molecule has 1 atom stereocenters. The number of carbonyl (C=O) groups excluding carboxylic acids is 3. The van der Waals surface area contributed by atoms with Crippen LogP contribution in [-0.2, 0) is 28.6 Å². The quantitative estimate of drug-likeness (QED) is 0.0199. The molecule has 0 N–H and O–H groups in total. The van der Waals surface area contributed by atoms with Crippen LogP contribution in [0.25, 0.3) is 0 Å². The van der Waals surface area contributed by atoms with Gasteiger partial charge in [-0.3, -0.25) is 14.4 Å². The Labute approximate surface area is 397 Å². The maximum absolute atomic E-state index is 12.8. The van der Waals surface area contributed by atoms with E-state index in [-0.39, 0.29) is 44.0 Å². The Kier molecular flexibility index (Phi) is 48.2. The van der Waals surface area contributed by atoms with E-state index in [0.717, 1.165) is 96.3 Å². The summed E-state index contributed by atoms with van der Waals surface area (Å²) in [5.74, 6) is -1.09. The van der Waals surface area contributed by atoms with Gasteiger partial charge in [0.15, 0.2) is 6.10 Å². The van der Waals surface area contributed by atoms with Crippen molar-refractivity contribution >= 4 is 17.9 Å². The first-order chi connectivity index (χ1) is 32.0. The molecule has 65 heavy (non-hydrogen) atoms. The van der Waals surface area contributed by atoms with Crippen molar-refractivity contribution in [3.05, 3.63) is 146 Å². The molecule has 0 aliphatic carbocycles. The number of unbranched alkanes of at least 4 members (excludes halogenated alkanes) is 12. The summed E-state index contributed by atoms with van der Waals surface area (Å²) in [4.78, 5) is 37.9. The van der Waals surface area contributed by atoms with E-state index in [1.54, 1.807) is 0 Å². The zero-order valence-corrected chi connectivity index (χ0v) is 41.2. The molecule has 1 unspecified atom stereocenters. The molecular formula is C59H90O6. The van der Waals surface area contributed by atoms with Gasteiger partial charge in [0.25, 0.3) is 0 Å². The summed E-state index contributed by atoms with van der Waals surface area (Å²) in [6.07, 6.45) is 74.1. The van der Waals surface area contributed by atoms with Crippen LogP contribution in [-0.4, -0.2) is 37.2 Å². The molecule has 0 rings (SSSR count). The molecule has 0 aromatic carbocycles. The first-order valence-electron chi connectivity index (χ1n) is 25.4. The predicted molar refractivity (Wildman–Crippen MR) is 279 cm³/mol. The number of allylic oxidation sites excluding steroid dienone is 24. The third kappa shape index (κ3) is 50.2. The second-order valence-corrected chi connectivity index (χ2v) is 16.1. The normalized spacial score (nSPS) is 13.3. The van der Waals surface area contributed by atoms with Crippen LogP contribution in [0.2, 0.25) is 0 Å². The number of hydrogen-bond acceptors (Lipinski definition) is 6. The lowest BCUT2D eigenvalue weighted by Crippen LogP contribution is -2.30. The third-order valence-corrected chi connectivity index (χ3v) is 9.95. The Morgan fingerprint density at radius 1 is 0.338 bits per heavy atom. The molecule has 0 aliphatic heterocycles. The van der Waals surface area contributed by atoms with Gasteiger partial charge in [-0.15, -0.1) is 0 Å². The Morgan fingerprint density at radius 3 is 1.22 bits per heavy atom. The van der Waals surface area contributed by atoms with Gasteiger partial charge in [0, 0.05) is 19.3 Å². The minimum absolute atomic E-state index is 0.136. The van der Waals surface area contributed by atoms with Crippen LogP contribution in [0.1, 0.15) is 188 Å². The Balaban J connectivity index is 4.61. The molecule has 0 amide bonds. The van der Waals surface area contributed by atoms with Crippen molar-refractivity contribution in [3.8, 4) is 0 Å². The van der Waals surface area contributed by atoms with E-state index in [0.29, 0.717) is 19.3 Å². The molecule has 0 aromatic heterocycles. The fourth-order valence-electron chi connectivity index (χ4n) is 6.19. The fraction of sp³-hybridized carbons (Fsp3) is 0.542.